The molecule has 2 aromatic rings. The lowest BCUT2D eigenvalue weighted by molar-refractivity contribution is -0.115. The number of aromatic nitrogens is 1. The first-order chi connectivity index (χ1) is 9.45. The lowest BCUT2D eigenvalue weighted by atomic mass is 10.1. The number of amides is 1. The summed E-state index contributed by atoms with van der Waals surface area (Å²) in [6, 6.07) is 9.25. The van der Waals surface area contributed by atoms with Gasteiger partial charge in [-0.2, -0.15) is 0 Å². The van der Waals surface area contributed by atoms with Crippen LogP contribution in [-0.4, -0.2) is 22.0 Å². The summed E-state index contributed by atoms with van der Waals surface area (Å²) in [5.41, 5.74) is 3.00. The van der Waals surface area contributed by atoms with Gasteiger partial charge < -0.3 is 15.4 Å². The number of nitrogens with one attached hydrogen (secondary N) is 2. The van der Waals surface area contributed by atoms with Crippen LogP contribution in [0.15, 0.2) is 30.3 Å². The first kappa shape index (κ1) is 13.9. The van der Waals surface area contributed by atoms with Crippen LogP contribution in [0.2, 0.25) is 0 Å². The van der Waals surface area contributed by atoms with E-state index in [1.807, 2.05) is 31.2 Å². The SMILES string of the molecule is Cc1ccc(CC(=O)Nc2cc(C)[nH]c2C(=O)O)cc1. The van der Waals surface area contributed by atoms with Gasteiger partial charge in [-0.15, -0.1) is 0 Å². The maximum atomic E-state index is 11.9. The number of rotatable bonds is 4. The third kappa shape index (κ3) is 3.26. The molecule has 20 heavy (non-hydrogen) atoms. The van der Waals surface area contributed by atoms with Crippen LogP contribution >= 0.6 is 0 Å². The van der Waals surface area contributed by atoms with E-state index in [4.69, 9.17) is 5.11 Å². The molecule has 1 heterocycles. The number of aryl methyl sites for hydroxylation is 2. The minimum Gasteiger partial charge on any atom is -0.477 e. The van der Waals surface area contributed by atoms with Gasteiger partial charge in [-0.25, -0.2) is 4.79 Å². The summed E-state index contributed by atoms with van der Waals surface area (Å²) in [6.07, 6.45) is 0.212. The maximum absolute atomic E-state index is 11.9. The third-order valence-electron chi connectivity index (χ3n) is 2.93. The lowest BCUT2D eigenvalue weighted by Gasteiger charge is -2.05. The fourth-order valence-electron chi connectivity index (χ4n) is 1.94. The molecule has 0 aliphatic carbocycles. The summed E-state index contributed by atoms with van der Waals surface area (Å²) >= 11 is 0. The Balaban J connectivity index is 2.08. The zero-order chi connectivity index (χ0) is 14.7. The second-order valence-corrected chi connectivity index (χ2v) is 4.76. The summed E-state index contributed by atoms with van der Waals surface area (Å²) in [6.45, 7) is 3.72. The van der Waals surface area contributed by atoms with Gasteiger partial charge in [-0.1, -0.05) is 29.8 Å². The van der Waals surface area contributed by atoms with Crippen LogP contribution in [0.4, 0.5) is 5.69 Å². The van der Waals surface area contributed by atoms with Crippen molar-refractivity contribution in [2.24, 2.45) is 0 Å². The van der Waals surface area contributed by atoms with Crippen molar-refractivity contribution in [3.8, 4) is 0 Å². The van der Waals surface area contributed by atoms with Crippen LogP contribution in [-0.2, 0) is 11.2 Å². The number of anilines is 1. The normalized spacial score (nSPS) is 10.3. The Labute approximate surface area is 116 Å². The number of hydrogen-bond donors (Lipinski definition) is 3. The topological polar surface area (TPSA) is 82.2 Å². The van der Waals surface area contributed by atoms with Gasteiger partial charge in [0.15, 0.2) is 0 Å². The molecule has 0 bridgehead atoms. The molecule has 1 aromatic carbocycles. The van der Waals surface area contributed by atoms with Crippen molar-refractivity contribution in [1.29, 1.82) is 0 Å². The van der Waals surface area contributed by atoms with Crippen LogP contribution in [0.1, 0.15) is 27.3 Å². The monoisotopic (exact) mass is 272 g/mol. The summed E-state index contributed by atoms with van der Waals surface area (Å²) in [4.78, 5) is 25.7. The number of carboxylic acids is 1. The molecule has 0 saturated carbocycles. The summed E-state index contributed by atoms with van der Waals surface area (Å²) in [7, 11) is 0. The molecule has 104 valence electrons. The molecule has 0 aliphatic rings. The van der Waals surface area contributed by atoms with E-state index in [1.54, 1.807) is 13.0 Å². The molecule has 0 atom stereocenters. The van der Waals surface area contributed by atoms with Crippen LogP contribution in [0, 0.1) is 13.8 Å². The molecular weight excluding hydrogens is 256 g/mol. The molecule has 3 N–H and O–H groups in total. The Bertz CT molecular complexity index is 642. The van der Waals surface area contributed by atoms with E-state index in [-0.39, 0.29) is 18.0 Å². The third-order valence-corrected chi connectivity index (χ3v) is 2.93. The van der Waals surface area contributed by atoms with Crippen molar-refractivity contribution in [3.63, 3.8) is 0 Å². The van der Waals surface area contributed by atoms with E-state index in [0.29, 0.717) is 11.4 Å². The van der Waals surface area contributed by atoms with Gasteiger partial charge in [0.25, 0.3) is 0 Å². The molecule has 0 aliphatic heterocycles. The molecule has 0 spiro atoms. The predicted molar refractivity (Wildman–Crippen MR) is 76.0 cm³/mol. The molecule has 0 fully saturated rings. The summed E-state index contributed by atoms with van der Waals surface area (Å²) in [5, 5.41) is 11.7. The first-order valence-electron chi connectivity index (χ1n) is 6.24. The maximum Gasteiger partial charge on any atom is 0.354 e. The van der Waals surface area contributed by atoms with Gasteiger partial charge in [0.05, 0.1) is 12.1 Å². The Hall–Kier alpha value is -2.56. The van der Waals surface area contributed by atoms with Crippen LogP contribution < -0.4 is 5.32 Å². The van der Waals surface area contributed by atoms with Gasteiger partial charge in [0.1, 0.15) is 5.69 Å². The summed E-state index contributed by atoms with van der Waals surface area (Å²) in [5.74, 6) is -1.33. The van der Waals surface area contributed by atoms with E-state index in [1.165, 1.54) is 0 Å². The van der Waals surface area contributed by atoms with E-state index >= 15 is 0 Å². The number of benzene rings is 1. The van der Waals surface area contributed by atoms with Crippen molar-refractivity contribution in [2.45, 2.75) is 20.3 Å². The highest BCUT2D eigenvalue weighted by atomic mass is 16.4. The lowest BCUT2D eigenvalue weighted by Crippen LogP contribution is -2.16. The molecule has 1 amide bonds. The van der Waals surface area contributed by atoms with Gasteiger partial charge in [0, 0.05) is 5.69 Å². The van der Waals surface area contributed by atoms with Crippen molar-refractivity contribution >= 4 is 17.6 Å². The smallest absolute Gasteiger partial charge is 0.354 e. The first-order valence-corrected chi connectivity index (χ1v) is 6.24. The second kappa shape index (κ2) is 5.61. The quantitative estimate of drug-likeness (QED) is 0.799. The highest BCUT2D eigenvalue weighted by molar-refractivity contribution is 6.00. The fraction of sp³-hybridized carbons (Fsp3) is 0.200. The summed E-state index contributed by atoms with van der Waals surface area (Å²) < 4.78 is 0. The number of carboxylic acid groups (broad SMARTS) is 1. The molecule has 0 saturated heterocycles. The fourth-order valence-corrected chi connectivity index (χ4v) is 1.94. The molecule has 5 heteroatoms. The van der Waals surface area contributed by atoms with Gasteiger partial charge in [-0.05, 0) is 25.5 Å². The molecule has 5 nitrogen and oxygen atoms in total. The standard InChI is InChI=1S/C15H16N2O3/c1-9-3-5-11(6-4-9)8-13(18)17-12-7-10(2)16-14(12)15(19)20/h3-7,16H,8H2,1-2H3,(H,17,18)(H,19,20). The average molecular weight is 272 g/mol. The number of carbonyl (C=O) groups excluding carboxylic acids is 1. The van der Waals surface area contributed by atoms with E-state index in [2.05, 4.69) is 10.3 Å². The van der Waals surface area contributed by atoms with Gasteiger partial charge in [0.2, 0.25) is 5.91 Å². The predicted octanol–water partition coefficient (Wildman–Crippen LogP) is 2.51. The van der Waals surface area contributed by atoms with Crippen LogP contribution in [0.3, 0.4) is 0 Å². The van der Waals surface area contributed by atoms with E-state index in [0.717, 1.165) is 11.1 Å². The van der Waals surface area contributed by atoms with Gasteiger partial charge >= 0.3 is 5.97 Å². The van der Waals surface area contributed by atoms with Crippen molar-refractivity contribution in [2.75, 3.05) is 5.32 Å². The number of aromatic amines is 1. The van der Waals surface area contributed by atoms with Gasteiger partial charge in [-0.3, -0.25) is 4.79 Å². The van der Waals surface area contributed by atoms with E-state index in [9.17, 15) is 9.59 Å². The molecule has 0 radical (unpaired) electrons. The molecular formula is C15H16N2O3. The van der Waals surface area contributed by atoms with Crippen LogP contribution in [0.25, 0.3) is 0 Å². The van der Waals surface area contributed by atoms with Crippen molar-refractivity contribution < 1.29 is 14.7 Å². The Morgan fingerprint density at radius 1 is 1.20 bits per heavy atom. The average Bonchev–Trinajstić information content (AvgIpc) is 2.73. The number of aromatic carboxylic acids is 1. The number of H-pyrrole nitrogens is 1. The van der Waals surface area contributed by atoms with Crippen molar-refractivity contribution in [3.05, 3.63) is 52.8 Å². The highest BCUT2D eigenvalue weighted by Gasteiger charge is 2.15. The van der Waals surface area contributed by atoms with E-state index < -0.39 is 5.97 Å². The van der Waals surface area contributed by atoms with Crippen molar-refractivity contribution in [1.82, 2.24) is 4.98 Å². The zero-order valence-corrected chi connectivity index (χ0v) is 11.4. The Kier molecular flexibility index (Phi) is 3.89. The highest BCUT2D eigenvalue weighted by Crippen LogP contribution is 2.17. The van der Waals surface area contributed by atoms with Crippen LogP contribution in [0.5, 0.6) is 0 Å². The second-order valence-electron chi connectivity index (χ2n) is 4.76. The Morgan fingerprint density at radius 3 is 2.45 bits per heavy atom. The number of carbonyl (C=O) groups is 2. The largest absolute Gasteiger partial charge is 0.477 e. The Morgan fingerprint density at radius 2 is 1.85 bits per heavy atom. The zero-order valence-electron chi connectivity index (χ0n) is 11.4. The molecule has 1 aromatic heterocycles. The minimum atomic E-state index is -1.09. The minimum absolute atomic E-state index is 0.000226. The number of hydrogen-bond acceptors (Lipinski definition) is 2. The molecule has 0 unspecified atom stereocenters. The molecule has 2 rings (SSSR count).